The lowest BCUT2D eigenvalue weighted by molar-refractivity contribution is -0.249. The molecule has 0 saturated carbocycles. The van der Waals surface area contributed by atoms with E-state index in [0.717, 1.165) is 22.7 Å². The predicted molar refractivity (Wildman–Crippen MR) is 134 cm³/mol. The molecule has 2 aromatic carbocycles. The maximum Gasteiger partial charge on any atom is 0.459 e. The molecule has 4 rings (SSSR count). The summed E-state index contributed by atoms with van der Waals surface area (Å²) < 4.78 is 123. The van der Waals surface area contributed by atoms with Crippen LogP contribution in [0.5, 0.6) is 0 Å². The zero-order valence-corrected chi connectivity index (χ0v) is 21.8. The highest BCUT2D eigenvalue weighted by Crippen LogP contribution is 2.45. The Morgan fingerprint density at radius 1 is 1.05 bits per heavy atom. The summed E-state index contributed by atoms with van der Waals surface area (Å²) in [5.74, 6) is -7.42. The summed E-state index contributed by atoms with van der Waals surface area (Å²) in [4.78, 5) is 0. The molecule has 2 aliphatic heterocycles. The van der Waals surface area contributed by atoms with Crippen molar-refractivity contribution >= 4 is 27.0 Å². The topological polar surface area (TPSA) is 53.0 Å². The molecule has 5 nitrogen and oxygen atoms in total. The van der Waals surface area contributed by atoms with Gasteiger partial charge in [-0.15, -0.1) is 0 Å². The average Bonchev–Trinajstić information content (AvgIpc) is 3.29. The molecule has 0 bridgehead atoms. The molecule has 2 aliphatic rings. The molecule has 0 aromatic heterocycles. The minimum Gasteiger partial charge on any atom is -0.255 e. The Morgan fingerprint density at radius 2 is 1.77 bits per heavy atom. The van der Waals surface area contributed by atoms with Crippen molar-refractivity contribution in [3.8, 4) is 0 Å². The quantitative estimate of drug-likeness (QED) is 0.351. The zero-order chi connectivity index (χ0) is 28.8. The Morgan fingerprint density at radius 3 is 2.36 bits per heavy atom. The van der Waals surface area contributed by atoms with Crippen LogP contribution in [-0.2, 0) is 10.0 Å². The maximum atomic E-state index is 14.6. The van der Waals surface area contributed by atoms with Crippen LogP contribution in [0, 0.1) is 17.6 Å². The summed E-state index contributed by atoms with van der Waals surface area (Å²) in [5.41, 5.74) is -0.278. The van der Waals surface area contributed by atoms with Gasteiger partial charge in [0.1, 0.15) is 11.5 Å². The monoisotopic (exact) mass is 577 g/mol. The molecule has 39 heavy (non-hydrogen) atoms. The molecular weight excluding hydrogens is 551 g/mol. The number of hydrogen-bond donors (Lipinski definition) is 0. The Kier molecular flexibility index (Phi) is 7.87. The zero-order valence-electron chi connectivity index (χ0n) is 21.0. The highest BCUT2D eigenvalue weighted by atomic mass is 32.2. The van der Waals surface area contributed by atoms with Gasteiger partial charge in [-0.3, -0.25) is 5.01 Å². The van der Waals surface area contributed by atoms with Gasteiger partial charge in [0.25, 0.3) is 0 Å². The van der Waals surface area contributed by atoms with Crippen molar-refractivity contribution in [3.05, 3.63) is 71.3 Å². The number of halogens is 7. The molecule has 0 N–H and O–H groups in total. The van der Waals surface area contributed by atoms with Crippen LogP contribution in [0.3, 0.4) is 0 Å². The highest BCUT2D eigenvalue weighted by molar-refractivity contribution is 7.89. The molecule has 0 radical (unpaired) electrons. The van der Waals surface area contributed by atoms with Gasteiger partial charge in [-0.05, 0) is 47.2 Å². The number of anilines is 1. The summed E-state index contributed by atoms with van der Waals surface area (Å²) in [6, 6.07) is 7.39. The van der Waals surface area contributed by atoms with Crippen LogP contribution in [0.4, 0.5) is 36.4 Å². The van der Waals surface area contributed by atoms with Gasteiger partial charge in [-0.25, -0.2) is 17.2 Å². The van der Waals surface area contributed by atoms with E-state index in [9.17, 15) is 39.2 Å². The van der Waals surface area contributed by atoms with Gasteiger partial charge < -0.3 is 0 Å². The third-order valence-electron chi connectivity index (χ3n) is 6.54. The van der Waals surface area contributed by atoms with Gasteiger partial charge in [0.05, 0.1) is 17.5 Å². The minimum absolute atomic E-state index is 0.00795. The normalized spacial score (nSPS) is 19.4. The summed E-state index contributed by atoms with van der Waals surface area (Å²) in [5, 5.41) is 4.20. The summed E-state index contributed by atoms with van der Waals surface area (Å²) in [6.07, 6.45) is -4.68. The molecule has 212 valence electrons. The maximum absolute atomic E-state index is 14.6. The van der Waals surface area contributed by atoms with Crippen molar-refractivity contribution in [1.82, 2.24) is 4.31 Å². The molecule has 0 fully saturated rings. The van der Waals surface area contributed by atoms with Gasteiger partial charge in [0.2, 0.25) is 10.0 Å². The Labute approximate surface area is 221 Å². The van der Waals surface area contributed by atoms with Crippen molar-refractivity contribution in [3.63, 3.8) is 0 Å². The average molecular weight is 578 g/mol. The molecule has 1 unspecified atom stereocenters. The number of hydrazone groups is 1. The molecule has 0 amide bonds. The van der Waals surface area contributed by atoms with E-state index < -0.39 is 57.6 Å². The number of nitrogens with zero attached hydrogens (tertiary/aromatic N) is 3. The van der Waals surface area contributed by atoms with Gasteiger partial charge in [0.15, 0.2) is 5.82 Å². The fourth-order valence-electron chi connectivity index (χ4n) is 4.65. The Hall–Kier alpha value is -2.93. The van der Waals surface area contributed by atoms with Gasteiger partial charge in [-0.1, -0.05) is 38.1 Å². The lowest BCUT2D eigenvalue weighted by Gasteiger charge is -2.28. The minimum atomic E-state index is -5.91. The number of hydrogen-bond acceptors (Lipinski definition) is 4. The lowest BCUT2D eigenvalue weighted by Crippen LogP contribution is -2.43. The molecule has 13 heteroatoms. The standard InChI is InChI=1S/C26H26F7N3O2S/c1-16(2)15-39(37,38)35-10-8-17(9-11-35)18-4-3-5-19(12-18)23-14-24(25(29,30)26(31,32)33)34-36(23)22-7-6-20(27)13-21(22)28/h3-8,12-13,16,23H,9-11,14-15H2,1-2H3. The largest absolute Gasteiger partial charge is 0.459 e. The van der Waals surface area contributed by atoms with Crippen molar-refractivity contribution < 1.29 is 39.2 Å². The summed E-state index contributed by atoms with van der Waals surface area (Å²) in [6.45, 7) is 3.97. The fraction of sp³-hybridized carbons (Fsp3) is 0.423. The van der Waals surface area contributed by atoms with E-state index in [1.807, 2.05) is 0 Å². The van der Waals surface area contributed by atoms with E-state index in [4.69, 9.17) is 0 Å². The third-order valence-corrected chi connectivity index (χ3v) is 8.74. The van der Waals surface area contributed by atoms with E-state index in [0.29, 0.717) is 18.1 Å². The van der Waals surface area contributed by atoms with Crippen molar-refractivity contribution in [2.24, 2.45) is 11.0 Å². The molecule has 0 spiro atoms. The van der Waals surface area contributed by atoms with Crippen molar-refractivity contribution in [2.75, 3.05) is 23.9 Å². The van der Waals surface area contributed by atoms with E-state index in [2.05, 4.69) is 5.10 Å². The van der Waals surface area contributed by atoms with Crippen LogP contribution < -0.4 is 5.01 Å². The van der Waals surface area contributed by atoms with Crippen LogP contribution in [0.2, 0.25) is 0 Å². The Bertz CT molecular complexity index is 1400. The number of alkyl halides is 5. The molecule has 2 aromatic rings. The van der Waals surface area contributed by atoms with E-state index in [-0.39, 0.29) is 30.3 Å². The summed E-state index contributed by atoms with van der Waals surface area (Å²) in [7, 11) is -3.44. The first-order valence-corrected chi connectivity index (χ1v) is 13.7. The third kappa shape index (κ3) is 5.98. The van der Waals surface area contributed by atoms with E-state index in [1.165, 1.54) is 10.4 Å². The van der Waals surface area contributed by atoms with E-state index in [1.54, 1.807) is 38.1 Å². The van der Waals surface area contributed by atoms with Crippen molar-refractivity contribution in [1.29, 1.82) is 0 Å². The smallest absolute Gasteiger partial charge is 0.255 e. The molecule has 1 atom stereocenters. The van der Waals surface area contributed by atoms with Gasteiger partial charge in [-0.2, -0.15) is 31.4 Å². The van der Waals surface area contributed by atoms with Gasteiger partial charge in [0, 0.05) is 25.6 Å². The van der Waals surface area contributed by atoms with Crippen LogP contribution in [0.1, 0.15) is 43.9 Å². The second kappa shape index (κ2) is 10.6. The number of benzene rings is 2. The van der Waals surface area contributed by atoms with Gasteiger partial charge >= 0.3 is 12.1 Å². The second-order valence-corrected chi connectivity index (χ2v) is 11.9. The van der Waals surface area contributed by atoms with Crippen LogP contribution in [-0.4, -0.2) is 49.4 Å². The van der Waals surface area contributed by atoms with Crippen LogP contribution in [0.15, 0.2) is 53.6 Å². The molecular formula is C26H26F7N3O2S. The van der Waals surface area contributed by atoms with Crippen LogP contribution >= 0.6 is 0 Å². The van der Waals surface area contributed by atoms with Crippen LogP contribution in [0.25, 0.3) is 5.57 Å². The lowest BCUT2D eigenvalue weighted by atomic mass is 9.93. The molecule has 2 heterocycles. The second-order valence-electron chi connectivity index (χ2n) is 9.91. The SMILES string of the molecule is CC(C)CS(=O)(=O)N1CC=C(c2cccc(C3CC(C(F)(F)C(F)(F)F)=NN3c3ccc(F)cc3F)c2)CC1. The molecule has 0 saturated heterocycles. The van der Waals surface area contributed by atoms with Crippen molar-refractivity contribution in [2.45, 2.75) is 44.8 Å². The fourth-order valence-corrected chi connectivity index (χ4v) is 6.37. The first-order valence-electron chi connectivity index (χ1n) is 12.1. The molecule has 0 aliphatic carbocycles. The first-order chi connectivity index (χ1) is 18.1. The summed E-state index contributed by atoms with van der Waals surface area (Å²) >= 11 is 0. The van der Waals surface area contributed by atoms with E-state index >= 15 is 0 Å². The number of rotatable bonds is 7. The number of sulfonamides is 1. The first kappa shape index (κ1) is 29.1. The highest BCUT2D eigenvalue weighted by Gasteiger charge is 2.63. The predicted octanol–water partition coefficient (Wildman–Crippen LogP) is 6.54. The Balaban J connectivity index is 1.67.